The van der Waals surface area contributed by atoms with E-state index in [2.05, 4.69) is 65.5 Å². The van der Waals surface area contributed by atoms with Gasteiger partial charge in [0, 0.05) is 17.7 Å². The van der Waals surface area contributed by atoms with Crippen LogP contribution in [0.1, 0.15) is 56.0 Å². The van der Waals surface area contributed by atoms with Crippen LogP contribution < -0.4 is 11.1 Å². The average Bonchev–Trinajstić information content (AvgIpc) is 3.18. The van der Waals surface area contributed by atoms with Crippen LogP contribution in [0.25, 0.3) is 11.4 Å². The molecule has 6 nitrogen and oxygen atoms in total. The van der Waals surface area contributed by atoms with Crippen molar-refractivity contribution in [2.75, 3.05) is 5.32 Å². The lowest BCUT2D eigenvalue weighted by Gasteiger charge is -2.14. The fourth-order valence-electron chi connectivity index (χ4n) is 3.04. The highest BCUT2D eigenvalue weighted by molar-refractivity contribution is 5.91. The van der Waals surface area contributed by atoms with Gasteiger partial charge in [-0.15, -0.1) is 0 Å². The number of H-pyrrole nitrogens is 1. The number of anilines is 1. The molecule has 3 rings (SSSR count). The second-order valence-electron chi connectivity index (χ2n) is 7.36. The number of hydrogen-bond acceptors (Lipinski definition) is 4. The molecule has 2 aromatic carbocycles. The Kier molecular flexibility index (Phi) is 6.21. The minimum absolute atomic E-state index is 0.00324. The van der Waals surface area contributed by atoms with E-state index in [0.29, 0.717) is 30.5 Å². The molecular weight excluding hydrogens is 350 g/mol. The summed E-state index contributed by atoms with van der Waals surface area (Å²) in [5.74, 6) is 1.90. The van der Waals surface area contributed by atoms with Crippen molar-refractivity contribution in [1.82, 2.24) is 15.2 Å². The van der Waals surface area contributed by atoms with Gasteiger partial charge in [0.25, 0.3) is 0 Å². The number of aromatic amines is 1. The SMILES string of the molecule is CC(C)c1ccc(C(C)CC(=O)Nc2ccc(-c3n[nH]c(CN)n3)cc2)cc1. The van der Waals surface area contributed by atoms with E-state index >= 15 is 0 Å². The van der Waals surface area contributed by atoms with Gasteiger partial charge in [-0.1, -0.05) is 45.0 Å². The molecule has 0 aliphatic heterocycles. The van der Waals surface area contributed by atoms with Gasteiger partial charge in [-0.2, -0.15) is 5.10 Å². The summed E-state index contributed by atoms with van der Waals surface area (Å²) in [6.07, 6.45) is 0.434. The Hall–Kier alpha value is -2.99. The van der Waals surface area contributed by atoms with Crippen molar-refractivity contribution in [1.29, 1.82) is 0 Å². The van der Waals surface area contributed by atoms with Crippen molar-refractivity contribution in [3.8, 4) is 11.4 Å². The topological polar surface area (TPSA) is 96.7 Å². The van der Waals surface area contributed by atoms with Gasteiger partial charge in [-0.05, 0) is 47.2 Å². The molecule has 0 saturated heterocycles. The smallest absolute Gasteiger partial charge is 0.224 e. The monoisotopic (exact) mass is 377 g/mol. The molecule has 4 N–H and O–H groups in total. The van der Waals surface area contributed by atoms with E-state index in [0.717, 1.165) is 11.3 Å². The number of hydrogen-bond donors (Lipinski definition) is 3. The summed E-state index contributed by atoms with van der Waals surface area (Å²) >= 11 is 0. The lowest BCUT2D eigenvalue weighted by atomic mass is 9.94. The third-order valence-corrected chi connectivity index (χ3v) is 4.82. The van der Waals surface area contributed by atoms with E-state index in [1.54, 1.807) is 0 Å². The highest BCUT2D eigenvalue weighted by atomic mass is 16.1. The molecule has 0 radical (unpaired) electrons. The maximum absolute atomic E-state index is 12.4. The van der Waals surface area contributed by atoms with Crippen LogP contribution >= 0.6 is 0 Å². The highest BCUT2D eigenvalue weighted by Gasteiger charge is 2.12. The van der Waals surface area contributed by atoms with Gasteiger partial charge in [0.05, 0.1) is 6.54 Å². The molecule has 3 aromatic rings. The number of nitrogens with zero attached hydrogens (tertiary/aromatic N) is 2. The first kappa shape index (κ1) is 19.8. The Morgan fingerprint density at radius 1 is 1.04 bits per heavy atom. The van der Waals surface area contributed by atoms with Crippen LogP contribution in [-0.2, 0) is 11.3 Å². The van der Waals surface area contributed by atoms with Gasteiger partial charge in [0.1, 0.15) is 5.82 Å². The molecule has 6 heteroatoms. The van der Waals surface area contributed by atoms with Crippen molar-refractivity contribution in [3.63, 3.8) is 0 Å². The number of amides is 1. The third-order valence-electron chi connectivity index (χ3n) is 4.82. The average molecular weight is 377 g/mol. The fourth-order valence-corrected chi connectivity index (χ4v) is 3.04. The van der Waals surface area contributed by atoms with E-state index in [1.165, 1.54) is 11.1 Å². The Balaban J connectivity index is 1.58. The molecule has 0 bridgehead atoms. The van der Waals surface area contributed by atoms with Gasteiger partial charge >= 0.3 is 0 Å². The summed E-state index contributed by atoms with van der Waals surface area (Å²) in [6.45, 7) is 6.75. The van der Waals surface area contributed by atoms with Gasteiger partial charge in [-0.3, -0.25) is 9.89 Å². The molecule has 146 valence electrons. The second-order valence-corrected chi connectivity index (χ2v) is 7.36. The summed E-state index contributed by atoms with van der Waals surface area (Å²) in [4.78, 5) is 16.7. The molecule has 0 fully saturated rings. The van der Waals surface area contributed by atoms with Crippen molar-refractivity contribution >= 4 is 11.6 Å². The minimum atomic E-state index is -0.00324. The van der Waals surface area contributed by atoms with Crippen molar-refractivity contribution in [2.45, 2.75) is 45.6 Å². The van der Waals surface area contributed by atoms with Crippen molar-refractivity contribution < 1.29 is 4.79 Å². The standard InChI is InChI=1S/C22H27N5O/c1-14(2)16-4-6-17(7-5-16)15(3)12-21(28)24-19-10-8-18(9-11-19)22-25-20(13-23)26-27-22/h4-11,14-15H,12-13,23H2,1-3H3,(H,24,28)(H,25,26,27). The maximum atomic E-state index is 12.4. The number of carbonyl (C=O) groups excluding carboxylic acids is 1. The Morgan fingerprint density at radius 3 is 2.25 bits per heavy atom. The number of rotatable bonds is 7. The molecule has 1 unspecified atom stereocenters. The summed E-state index contributed by atoms with van der Waals surface area (Å²) in [6, 6.07) is 16.0. The Bertz CT molecular complexity index is 913. The molecule has 0 aliphatic rings. The number of benzene rings is 2. The van der Waals surface area contributed by atoms with E-state index in [9.17, 15) is 4.79 Å². The molecule has 1 aromatic heterocycles. The van der Waals surface area contributed by atoms with Crippen LogP contribution in [0.2, 0.25) is 0 Å². The number of aromatic nitrogens is 3. The van der Waals surface area contributed by atoms with Crippen LogP contribution in [0.4, 0.5) is 5.69 Å². The zero-order chi connectivity index (χ0) is 20.1. The molecular formula is C22H27N5O. The molecule has 0 saturated carbocycles. The first-order valence-electron chi connectivity index (χ1n) is 9.57. The van der Waals surface area contributed by atoms with E-state index in [1.807, 2.05) is 24.3 Å². The quantitative estimate of drug-likeness (QED) is 0.575. The van der Waals surface area contributed by atoms with Crippen LogP contribution in [0.5, 0.6) is 0 Å². The molecule has 1 heterocycles. The molecule has 28 heavy (non-hydrogen) atoms. The first-order chi connectivity index (χ1) is 13.5. The maximum Gasteiger partial charge on any atom is 0.224 e. The van der Waals surface area contributed by atoms with Gasteiger partial charge in [-0.25, -0.2) is 4.98 Å². The zero-order valence-electron chi connectivity index (χ0n) is 16.6. The highest BCUT2D eigenvalue weighted by Crippen LogP contribution is 2.23. The lowest BCUT2D eigenvalue weighted by molar-refractivity contribution is -0.116. The molecule has 1 atom stereocenters. The van der Waals surface area contributed by atoms with Crippen molar-refractivity contribution in [2.24, 2.45) is 5.73 Å². The van der Waals surface area contributed by atoms with E-state index in [-0.39, 0.29) is 11.8 Å². The minimum Gasteiger partial charge on any atom is -0.326 e. The summed E-state index contributed by atoms with van der Waals surface area (Å²) in [5, 5.41) is 9.89. The van der Waals surface area contributed by atoms with Gasteiger partial charge < -0.3 is 11.1 Å². The Labute approximate surface area is 165 Å². The zero-order valence-corrected chi connectivity index (χ0v) is 16.6. The second kappa shape index (κ2) is 8.80. The van der Waals surface area contributed by atoms with Crippen LogP contribution in [0, 0.1) is 0 Å². The normalized spacial score (nSPS) is 12.2. The summed E-state index contributed by atoms with van der Waals surface area (Å²) < 4.78 is 0. The number of carbonyl (C=O) groups is 1. The third kappa shape index (κ3) is 4.84. The predicted octanol–water partition coefficient (Wildman–Crippen LogP) is 4.19. The van der Waals surface area contributed by atoms with Crippen LogP contribution in [0.15, 0.2) is 48.5 Å². The predicted molar refractivity (Wildman–Crippen MR) is 112 cm³/mol. The Morgan fingerprint density at radius 2 is 1.68 bits per heavy atom. The summed E-state index contributed by atoms with van der Waals surface area (Å²) in [7, 11) is 0. The molecule has 0 spiro atoms. The van der Waals surface area contributed by atoms with Gasteiger partial charge in [0.15, 0.2) is 5.82 Å². The number of nitrogens with two attached hydrogens (primary N) is 1. The van der Waals surface area contributed by atoms with E-state index in [4.69, 9.17) is 5.73 Å². The van der Waals surface area contributed by atoms with Gasteiger partial charge in [0.2, 0.25) is 5.91 Å². The molecule has 0 aliphatic carbocycles. The largest absolute Gasteiger partial charge is 0.326 e. The van der Waals surface area contributed by atoms with Crippen LogP contribution in [0.3, 0.4) is 0 Å². The van der Waals surface area contributed by atoms with Crippen LogP contribution in [-0.4, -0.2) is 21.1 Å². The van der Waals surface area contributed by atoms with Crippen molar-refractivity contribution in [3.05, 3.63) is 65.5 Å². The van der Waals surface area contributed by atoms with E-state index < -0.39 is 0 Å². The fraction of sp³-hybridized carbons (Fsp3) is 0.318. The number of nitrogens with one attached hydrogen (secondary N) is 2. The lowest BCUT2D eigenvalue weighted by Crippen LogP contribution is -2.14. The first-order valence-corrected chi connectivity index (χ1v) is 9.57. The summed E-state index contributed by atoms with van der Waals surface area (Å²) in [5.41, 5.74) is 9.65. The molecule has 1 amide bonds.